The minimum Gasteiger partial charge on any atom is -0.355 e. The van der Waals surface area contributed by atoms with Crippen molar-refractivity contribution in [2.24, 2.45) is 0 Å². The topological polar surface area (TPSA) is 88.5 Å². The van der Waals surface area contributed by atoms with Crippen molar-refractivity contribution in [3.63, 3.8) is 0 Å². The van der Waals surface area contributed by atoms with Gasteiger partial charge in [0.1, 0.15) is 0 Å². The number of aryl methyl sites for hydroxylation is 3. The Morgan fingerprint density at radius 2 is 2.07 bits per heavy atom. The van der Waals surface area contributed by atoms with E-state index in [0.717, 1.165) is 37.2 Å². The molecule has 7 heteroatoms. The third kappa shape index (κ3) is 4.42. The lowest BCUT2D eigenvalue weighted by molar-refractivity contribution is 0.553. The molecule has 4 rings (SSSR count). The third-order valence-corrected chi connectivity index (χ3v) is 4.92. The Bertz CT molecular complexity index is 947. The molecule has 0 radical (unpaired) electrons. The Hall–Kier alpha value is -2.96. The molecule has 3 aromatic heterocycles. The molecule has 0 atom stereocenters. The minimum atomic E-state index is -0.136. The molecule has 27 heavy (non-hydrogen) atoms. The Balaban J connectivity index is 1.37. The number of hydrogen-bond donors (Lipinski definition) is 2. The monoisotopic (exact) mass is 364 g/mol. The zero-order valence-corrected chi connectivity index (χ0v) is 15.3. The van der Waals surface area contributed by atoms with E-state index in [0.29, 0.717) is 18.9 Å². The van der Waals surface area contributed by atoms with Gasteiger partial charge in [-0.05, 0) is 43.4 Å². The molecule has 0 aromatic carbocycles. The Morgan fingerprint density at radius 3 is 2.96 bits per heavy atom. The van der Waals surface area contributed by atoms with E-state index in [2.05, 4.69) is 30.0 Å². The largest absolute Gasteiger partial charge is 0.355 e. The quantitative estimate of drug-likeness (QED) is 0.670. The number of aromatic amines is 1. The summed E-state index contributed by atoms with van der Waals surface area (Å²) in [7, 11) is 0. The van der Waals surface area contributed by atoms with Crippen LogP contribution in [0.2, 0.25) is 0 Å². The van der Waals surface area contributed by atoms with Gasteiger partial charge in [0.05, 0.1) is 11.9 Å². The van der Waals surface area contributed by atoms with Gasteiger partial charge >= 0.3 is 0 Å². The molecule has 1 aliphatic carbocycles. The van der Waals surface area contributed by atoms with Crippen molar-refractivity contribution in [3.8, 4) is 0 Å². The second-order valence-corrected chi connectivity index (χ2v) is 6.88. The molecule has 140 valence electrons. The maximum atomic E-state index is 12.0. The van der Waals surface area contributed by atoms with Crippen LogP contribution >= 0.6 is 0 Å². The van der Waals surface area contributed by atoms with E-state index in [1.54, 1.807) is 12.3 Å². The highest BCUT2D eigenvalue weighted by atomic mass is 16.1. The normalized spacial score (nSPS) is 13.3. The number of aromatic nitrogens is 5. The summed E-state index contributed by atoms with van der Waals surface area (Å²) in [6.45, 7) is 1.41. The van der Waals surface area contributed by atoms with Gasteiger partial charge in [-0.3, -0.25) is 19.4 Å². The molecule has 0 bridgehead atoms. The van der Waals surface area contributed by atoms with Gasteiger partial charge in [-0.15, -0.1) is 0 Å². The van der Waals surface area contributed by atoms with E-state index >= 15 is 0 Å². The summed E-state index contributed by atoms with van der Waals surface area (Å²) in [5.41, 5.74) is 4.37. The van der Waals surface area contributed by atoms with E-state index in [1.165, 1.54) is 24.1 Å². The number of fused-ring (bicyclic) bond motifs is 1. The van der Waals surface area contributed by atoms with Gasteiger partial charge in [0.15, 0.2) is 0 Å². The first kappa shape index (κ1) is 17.5. The molecule has 3 heterocycles. The Labute approximate surface area is 157 Å². The van der Waals surface area contributed by atoms with E-state index in [-0.39, 0.29) is 5.56 Å². The molecule has 0 amide bonds. The van der Waals surface area contributed by atoms with E-state index in [9.17, 15) is 4.79 Å². The van der Waals surface area contributed by atoms with Crippen molar-refractivity contribution in [2.45, 2.75) is 45.1 Å². The van der Waals surface area contributed by atoms with Gasteiger partial charge in [-0.2, -0.15) is 5.10 Å². The molecule has 0 spiro atoms. The molecule has 2 N–H and O–H groups in total. The lowest BCUT2D eigenvalue weighted by Gasteiger charge is -2.14. The summed E-state index contributed by atoms with van der Waals surface area (Å²) < 4.78 is 2.07. The summed E-state index contributed by atoms with van der Waals surface area (Å²) >= 11 is 0. The van der Waals surface area contributed by atoms with Gasteiger partial charge in [-0.25, -0.2) is 4.98 Å². The fraction of sp³-hybridized carbons (Fsp3) is 0.400. The van der Waals surface area contributed by atoms with E-state index in [4.69, 9.17) is 0 Å². The van der Waals surface area contributed by atoms with E-state index < -0.39 is 0 Å². The maximum absolute atomic E-state index is 12.0. The number of nitrogens with zero attached hydrogens (tertiary/aromatic N) is 4. The van der Waals surface area contributed by atoms with Crippen molar-refractivity contribution in [2.75, 3.05) is 11.9 Å². The van der Waals surface area contributed by atoms with Gasteiger partial charge in [0.25, 0.3) is 5.56 Å². The first-order chi connectivity index (χ1) is 13.3. The predicted molar refractivity (Wildman–Crippen MR) is 104 cm³/mol. The third-order valence-electron chi connectivity index (χ3n) is 4.92. The summed E-state index contributed by atoms with van der Waals surface area (Å²) in [6, 6.07) is 7.42. The number of hydrogen-bond acceptors (Lipinski definition) is 5. The first-order valence-electron chi connectivity index (χ1n) is 9.55. The number of nitrogens with one attached hydrogen (secondary N) is 2. The highest BCUT2D eigenvalue weighted by molar-refractivity contribution is 5.26. The fourth-order valence-corrected chi connectivity index (χ4v) is 3.54. The molecule has 0 saturated carbocycles. The van der Waals surface area contributed by atoms with Crippen LogP contribution in [0.5, 0.6) is 0 Å². The van der Waals surface area contributed by atoms with Gasteiger partial charge in [0, 0.05) is 49.6 Å². The summed E-state index contributed by atoms with van der Waals surface area (Å²) in [6.07, 6.45) is 9.94. The van der Waals surface area contributed by atoms with Crippen molar-refractivity contribution in [1.29, 1.82) is 0 Å². The molecule has 3 aromatic rings. The minimum absolute atomic E-state index is 0.136. The second-order valence-electron chi connectivity index (χ2n) is 6.88. The number of anilines is 1. The molecular weight excluding hydrogens is 340 g/mol. The maximum Gasteiger partial charge on any atom is 0.252 e. The van der Waals surface area contributed by atoms with Gasteiger partial charge in [0.2, 0.25) is 5.95 Å². The molecule has 1 aliphatic rings. The second kappa shape index (κ2) is 8.16. The zero-order chi connectivity index (χ0) is 18.5. The number of H-pyrrole nitrogens is 1. The van der Waals surface area contributed by atoms with Crippen LogP contribution in [0.3, 0.4) is 0 Å². The van der Waals surface area contributed by atoms with Crippen LogP contribution in [-0.4, -0.2) is 31.3 Å². The summed E-state index contributed by atoms with van der Waals surface area (Å²) in [4.78, 5) is 23.6. The van der Waals surface area contributed by atoms with Crippen LogP contribution in [0.15, 0.2) is 41.5 Å². The van der Waals surface area contributed by atoms with Crippen LogP contribution in [0.1, 0.15) is 35.5 Å². The number of rotatable bonds is 7. The van der Waals surface area contributed by atoms with Crippen molar-refractivity contribution in [1.82, 2.24) is 24.7 Å². The summed E-state index contributed by atoms with van der Waals surface area (Å²) in [5, 5.41) is 7.71. The van der Waals surface area contributed by atoms with Gasteiger partial charge in [-0.1, -0.05) is 6.07 Å². The van der Waals surface area contributed by atoms with Crippen molar-refractivity contribution < 1.29 is 0 Å². The van der Waals surface area contributed by atoms with Crippen LogP contribution in [0.25, 0.3) is 0 Å². The zero-order valence-electron chi connectivity index (χ0n) is 15.3. The van der Waals surface area contributed by atoms with Crippen molar-refractivity contribution >= 4 is 5.95 Å². The van der Waals surface area contributed by atoms with Gasteiger partial charge < -0.3 is 5.32 Å². The first-order valence-corrected chi connectivity index (χ1v) is 9.55. The standard InChI is InChI=1S/C20H24N6O/c27-19-13-17(9-12-26-18-7-2-1-5-15(18)14-23-26)24-20(25-19)22-11-8-16-6-3-4-10-21-16/h3-4,6,10,13-14H,1-2,5,7-9,11-12H2,(H2,22,24,25,27). The SMILES string of the molecule is O=c1cc(CCn2ncc3c2CCCC3)nc(NCCc2ccccn2)[nH]1. The highest BCUT2D eigenvalue weighted by Gasteiger charge is 2.15. The lowest BCUT2D eigenvalue weighted by atomic mass is 9.98. The molecule has 7 nitrogen and oxygen atoms in total. The van der Waals surface area contributed by atoms with E-state index in [1.807, 2.05) is 24.4 Å². The van der Waals surface area contributed by atoms with Crippen LogP contribution in [0, 0.1) is 0 Å². The Kier molecular flexibility index (Phi) is 5.27. The van der Waals surface area contributed by atoms with Crippen LogP contribution in [-0.2, 0) is 32.2 Å². The highest BCUT2D eigenvalue weighted by Crippen LogP contribution is 2.20. The van der Waals surface area contributed by atoms with Crippen LogP contribution in [0.4, 0.5) is 5.95 Å². The Morgan fingerprint density at radius 1 is 1.15 bits per heavy atom. The predicted octanol–water partition coefficient (Wildman–Crippen LogP) is 2.14. The number of pyridine rings is 1. The average molecular weight is 364 g/mol. The molecular formula is C20H24N6O. The molecule has 0 saturated heterocycles. The molecule has 0 aliphatic heterocycles. The molecule has 0 unspecified atom stereocenters. The molecule has 0 fully saturated rings. The lowest BCUT2D eigenvalue weighted by Crippen LogP contribution is -2.17. The fourth-order valence-electron chi connectivity index (χ4n) is 3.54. The average Bonchev–Trinajstić information content (AvgIpc) is 3.10. The smallest absolute Gasteiger partial charge is 0.252 e. The van der Waals surface area contributed by atoms with Crippen molar-refractivity contribution in [3.05, 3.63) is 69.7 Å². The summed E-state index contributed by atoms with van der Waals surface area (Å²) in [5.74, 6) is 0.510. The van der Waals surface area contributed by atoms with Crippen LogP contribution < -0.4 is 10.9 Å².